The monoisotopic (exact) mass is 234 g/mol. The predicted molar refractivity (Wildman–Crippen MR) is 51.8 cm³/mol. The number of carbonyl (C=O) groups excluding carboxylic acids is 1. The molecule has 0 saturated heterocycles. The van der Waals surface area contributed by atoms with Gasteiger partial charge in [0.2, 0.25) is 10.9 Å². The molecule has 1 aromatic rings. The third kappa shape index (κ3) is 2.68. The highest BCUT2D eigenvalue weighted by atomic mass is 35.5. The highest BCUT2D eigenvalue weighted by Gasteiger charge is 2.11. The second-order valence-corrected chi connectivity index (χ2v) is 3.58. The summed E-state index contributed by atoms with van der Waals surface area (Å²) in [7, 11) is -2.97. The summed E-state index contributed by atoms with van der Waals surface area (Å²) in [5.74, 6) is -0.779. The van der Waals surface area contributed by atoms with Crippen molar-refractivity contribution in [1.29, 1.82) is 0 Å². The number of carbonyl (C=O) groups is 1. The van der Waals surface area contributed by atoms with Crippen molar-refractivity contribution in [2.24, 2.45) is 0 Å². The van der Waals surface area contributed by atoms with Crippen LogP contribution in [-0.4, -0.2) is 19.3 Å². The van der Waals surface area contributed by atoms with Crippen molar-refractivity contribution >= 4 is 28.4 Å². The fourth-order valence-electron chi connectivity index (χ4n) is 0.838. The first-order chi connectivity index (χ1) is 6.50. The Morgan fingerprint density at radius 1 is 1.50 bits per heavy atom. The molecule has 0 radical (unpaired) electrons. The van der Waals surface area contributed by atoms with Crippen LogP contribution in [0.15, 0.2) is 12.1 Å². The molecule has 1 rings (SSSR count). The Labute approximate surface area is 87.2 Å². The summed E-state index contributed by atoms with van der Waals surface area (Å²) in [4.78, 5) is 15.0. The van der Waals surface area contributed by atoms with Crippen LogP contribution in [-0.2, 0) is 10.9 Å². The molecular formula is C7H7ClN2O3S. The highest BCUT2D eigenvalue weighted by Crippen LogP contribution is 2.12. The standard InChI is InChI=1S/C7H7ClN2O3S/c1-4-2-3-5(6(8)9-4)7(11)10-14(12)13/h2-3,14H,1H3,(H,10,11,12,13). The first kappa shape index (κ1) is 10.9. The smallest absolute Gasteiger partial charge is 0.267 e. The maximum Gasteiger partial charge on any atom is 0.267 e. The lowest BCUT2D eigenvalue weighted by atomic mass is 10.2. The van der Waals surface area contributed by atoms with Crippen LogP contribution in [0.5, 0.6) is 0 Å². The van der Waals surface area contributed by atoms with Gasteiger partial charge in [-0.1, -0.05) is 11.6 Å². The number of thiol groups is 1. The van der Waals surface area contributed by atoms with Crippen LogP contribution in [0.3, 0.4) is 0 Å². The zero-order valence-corrected chi connectivity index (χ0v) is 8.80. The molecule has 0 aliphatic rings. The van der Waals surface area contributed by atoms with Crippen LogP contribution in [0.2, 0.25) is 5.15 Å². The highest BCUT2D eigenvalue weighted by molar-refractivity contribution is 7.71. The summed E-state index contributed by atoms with van der Waals surface area (Å²) in [6, 6.07) is 2.98. The van der Waals surface area contributed by atoms with Gasteiger partial charge in [-0.15, -0.1) is 0 Å². The molecule has 0 unspecified atom stereocenters. The zero-order valence-electron chi connectivity index (χ0n) is 7.15. The van der Waals surface area contributed by atoms with Gasteiger partial charge in [0, 0.05) is 5.69 Å². The molecule has 0 aliphatic heterocycles. The quantitative estimate of drug-likeness (QED) is 0.570. The van der Waals surface area contributed by atoms with Gasteiger partial charge in [0.15, 0.2) is 0 Å². The topological polar surface area (TPSA) is 76.1 Å². The van der Waals surface area contributed by atoms with E-state index in [0.717, 1.165) is 0 Å². The maximum absolute atomic E-state index is 11.2. The number of aromatic nitrogens is 1. The molecule has 0 aliphatic carbocycles. The van der Waals surface area contributed by atoms with Gasteiger partial charge in [0.1, 0.15) is 5.15 Å². The fraction of sp³-hybridized carbons (Fsp3) is 0.143. The van der Waals surface area contributed by atoms with E-state index < -0.39 is 16.8 Å². The number of pyridine rings is 1. The molecule has 14 heavy (non-hydrogen) atoms. The molecule has 0 saturated carbocycles. The Morgan fingerprint density at radius 3 is 2.64 bits per heavy atom. The maximum atomic E-state index is 11.2. The fourth-order valence-corrected chi connectivity index (χ4v) is 1.41. The number of nitrogens with one attached hydrogen (secondary N) is 1. The normalized spacial score (nSPS) is 10.2. The molecule has 1 aromatic heterocycles. The summed E-state index contributed by atoms with van der Waals surface area (Å²) >= 11 is 5.64. The second kappa shape index (κ2) is 4.39. The van der Waals surface area contributed by atoms with Crippen LogP contribution >= 0.6 is 11.6 Å². The minimum atomic E-state index is -2.97. The van der Waals surface area contributed by atoms with Gasteiger partial charge in [-0.2, -0.15) is 0 Å². The minimum Gasteiger partial charge on any atom is -0.268 e. The Bertz CT molecular complexity index is 437. The SMILES string of the molecule is Cc1ccc(C(=O)N[SH](=O)=O)c(Cl)n1. The van der Waals surface area contributed by atoms with E-state index >= 15 is 0 Å². The molecule has 0 bridgehead atoms. The van der Waals surface area contributed by atoms with Gasteiger partial charge >= 0.3 is 0 Å². The Morgan fingerprint density at radius 2 is 2.14 bits per heavy atom. The Balaban J connectivity index is 3.01. The Hall–Kier alpha value is -1.14. The predicted octanol–water partition coefficient (Wildman–Crippen LogP) is 0.300. The van der Waals surface area contributed by atoms with Gasteiger partial charge in [0.05, 0.1) is 5.56 Å². The molecule has 0 atom stereocenters. The third-order valence-corrected chi connectivity index (χ3v) is 2.10. The van der Waals surface area contributed by atoms with Crippen LogP contribution in [0.1, 0.15) is 16.1 Å². The molecule has 5 nitrogen and oxygen atoms in total. The van der Waals surface area contributed by atoms with E-state index in [1.807, 2.05) is 0 Å². The molecular weight excluding hydrogens is 228 g/mol. The largest absolute Gasteiger partial charge is 0.268 e. The number of hydrogen-bond acceptors (Lipinski definition) is 4. The van der Waals surface area contributed by atoms with Gasteiger partial charge in [-0.25, -0.2) is 13.4 Å². The molecule has 0 fully saturated rings. The van der Waals surface area contributed by atoms with Gasteiger partial charge in [-0.3, -0.25) is 9.52 Å². The lowest BCUT2D eigenvalue weighted by molar-refractivity contribution is 0.0982. The van der Waals surface area contributed by atoms with Crippen LogP contribution < -0.4 is 4.72 Å². The molecule has 1 amide bonds. The molecule has 0 spiro atoms. The molecule has 7 heteroatoms. The van der Waals surface area contributed by atoms with Crippen LogP contribution in [0.4, 0.5) is 0 Å². The van der Waals surface area contributed by atoms with E-state index in [9.17, 15) is 13.2 Å². The molecule has 0 aromatic carbocycles. The van der Waals surface area contributed by atoms with Crippen molar-refractivity contribution in [1.82, 2.24) is 9.71 Å². The van der Waals surface area contributed by atoms with Gasteiger partial charge in [-0.05, 0) is 19.1 Å². The molecule has 1 N–H and O–H groups in total. The summed E-state index contributed by atoms with van der Waals surface area (Å²) in [6.45, 7) is 1.71. The molecule has 76 valence electrons. The number of rotatable bonds is 2. The third-order valence-electron chi connectivity index (χ3n) is 1.43. The average molecular weight is 235 g/mol. The van der Waals surface area contributed by atoms with E-state index in [1.165, 1.54) is 6.07 Å². The van der Waals surface area contributed by atoms with Gasteiger partial charge in [0.25, 0.3) is 5.91 Å². The van der Waals surface area contributed by atoms with Crippen molar-refractivity contribution in [3.05, 3.63) is 28.5 Å². The first-order valence-corrected chi connectivity index (χ1v) is 5.15. The van der Waals surface area contributed by atoms with Crippen molar-refractivity contribution < 1.29 is 13.2 Å². The summed E-state index contributed by atoms with van der Waals surface area (Å²) in [5, 5.41) is -0.0145. The van der Waals surface area contributed by atoms with Crippen LogP contribution in [0.25, 0.3) is 0 Å². The van der Waals surface area contributed by atoms with E-state index in [1.54, 1.807) is 17.7 Å². The van der Waals surface area contributed by atoms with Crippen molar-refractivity contribution in [2.75, 3.05) is 0 Å². The minimum absolute atomic E-state index is 0.0145. The van der Waals surface area contributed by atoms with E-state index in [-0.39, 0.29) is 10.7 Å². The summed E-state index contributed by atoms with van der Waals surface area (Å²) in [6.07, 6.45) is 0. The van der Waals surface area contributed by atoms with Crippen molar-refractivity contribution in [3.8, 4) is 0 Å². The van der Waals surface area contributed by atoms with Gasteiger partial charge < -0.3 is 0 Å². The first-order valence-electron chi connectivity index (χ1n) is 3.59. The number of hydrogen-bond donors (Lipinski definition) is 2. The summed E-state index contributed by atoms with van der Waals surface area (Å²) in [5.41, 5.74) is 0.689. The summed E-state index contributed by atoms with van der Waals surface area (Å²) < 4.78 is 22.1. The number of nitrogens with zero attached hydrogens (tertiary/aromatic N) is 1. The average Bonchev–Trinajstić information content (AvgIpc) is 2.01. The van der Waals surface area contributed by atoms with E-state index in [4.69, 9.17) is 11.6 Å². The van der Waals surface area contributed by atoms with Crippen molar-refractivity contribution in [3.63, 3.8) is 0 Å². The number of aryl methyl sites for hydroxylation is 1. The lowest BCUT2D eigenvalue weighted by Gasteiger charge is -2.01. The zero-order chi connectivity index (χ0) is 10.7. The van der Waals surface area contributed by atoms with E-state index in [2.05, 4.69) is 4.98 Å². The Kier molecular flexibility index (Phi) is 3.43. The van der Waals surface area contributed by atoms with Crippen LogP contribution in [0, 0.1) is 6.92 Å². The van der Waals surface area contributed by atoms with E-state index in [0.29, 0.717) is 5.69 Å². The number of amides is 1. The number of halogens is 1. The second-order valence-electron chi connectivity index (χ2n) is 2.49. The lowest BCUT2D eigenvalue weighted by Crippen LogP contribution is -2.22. The molecule has 1 heterocycles. The van der Waals surface area contributed by atoms with Crippen molar-refractivity contribution in [2.45, 2.75) is 6.92 Å².